The maximum atomic E-state index is 11.0. The Morgan fingerprint density at radius 3 is 2.60 bits per heavy atom. The van der Waals surface area contributed by atoms with Gasteiger partial charge in [-0.05, 0) is 53.7 Å². The van der Waals surface area contributed by atoms with Gasteiger partial charge in [-0.15, -0.1) is 0 Å². The molecule has 5 heteroatoms. The number of carboxylic acids is 1. The van der Waals surface area contributed by atoms with Crippen molar-refractivity contribution < 1.29 is 19.4 Å². The summed E-state index contributed by atoms with van der Waals surface area (Å²) < 4.78 is 11.8. The van der Waals surface area contributed by atoms with Crippen LogP contribution in [0.25, 0.3) is 0 Å². The summed E-state index contributed by atoms with van der Waals surface area (Å²) in [6.45, 7) is 7.23. The van der Waals surface area contributed by atoms with E-state index < -0.39 is 5.97 Å². The van der Waals surface area contributed by atoms with Crippen LogP contribution in [0, 0.1) is 5.92 Å². The highest BCUT2D eigenvalue weighted by molar-refractivity contribution is 9.10. The smallest absolute Gasteiger partial charge is 0.335 e. The van der Waals surface area contributed by atoms with Gasteiger partial charge in [-0.2, -0.15) is 0 Å². The highest BCUT2D eigenvalue weighted by atomic mass is 79.9. The standard InChI is InChI=1S/C15H21BrO4/c1-4-19-13-9-11(15(17)18)8-12(16)14(13)20-7-5-6-10(2)3/h8-10H,4-7H2,1-3H3,(H,17,18). The summed E-state index contributed by atoms with van der Waals surface area (Å²) in [4.78, 5) is 11.0. The average molecular weight is 345 g/mol. The lowest BCUT2D eigenvalue weighted by molar-refractivity contribution is 0.0696. The number of rotatable bonds is 8. The first kappa shape index (κ1) is 16.8. The largest absolute Gasteiger partial charge is 0.490 e. The fourth-order valence-corrected chi connectivity index (χ4v) is 2.32. The van der Waals surface area contributed by atoms with Crippen LogP contribution in [0.15, 0.2) is 16.6 Å². The van der Waals surface area contributed by atoms with Crippen molar-refractivity contribution in [2.75, 3.05) is 13.2 Å². The third-order valence-corrected chi connectivity index (χ3v) is 3.32. The van der Waals surface area contributed by atoms with E-state index in [1.807, 2.05) is 6.92 Å². The Balaban J connectivity index is 2.84. The summed E-state index contributed by atoms with van der Waals surface area (Å²) in [5.41, 5.74) is 0.176. The van der Waals surface area contributed by atoms with Gasteiger partial charge in [0.25, 0.3) is 0 Å². The molecule has 0 heterocycles. The second-order valence-electron chi connectivity index (χ2n) is 4.91. The quantitative estimate of drug-likeness (QED) is 0.711. The fraction of sp³-hybridized carbons (Fsp3) is 0.533. The van der Waals surface area contributed by atoms with E-state index >= 15 is 0 Å². The second kappa shape index (κ2) is 8.15. The number of benzene rings is 1. The van der Waals surface area contributed by atoms with Gasteiger partial charge in [0, 0.05) is 0 Å². The molecule has 112 valence electrons. The summed E-state index contributed by atoms with van der Waals surface area (Å²) in [6.07, 6.45) is 2.05. The van der Waals surface area contributed by atoms with E-state index in [0.29, 0.717) is 35.1 Å². The monoisotopic (exact) mass is 344 g/mol. The number of carboxylic acid groups (broad SMARTS) is 1. The first-order chi connectivity index (χ1) is 9.45. The first-order valence-corrected chi connectivity index (χ1v) is 7.57. The molecule has 0 amide bonds. The van der Waals surface area contributed by atoms with Gasteiger partial charge in [-0.3, -0.25) is 0 Å². The summed E-state index contributed by atoms with van der Waals surface area (Å²) in [7, 11) is 0. The van der Waals surface area contributed by atoms with Crippen LogP contribution >= 0.6 is 15.9 Å². The van der Waals surface area contributed by atoms with Crippen molar-refractivity contribution in [1.29, 1.82) is 0 Å². The Bertz CT molecular complexity index is 457. The van der Waals surface area contributed by atoms with Gasteiger partial charge in [0.05, 0.1) is 23.2 Å². The molecule has 0 bridgehead atoms. The minimum absolute atomic E-state index is 0.176. The van der Waals surface area contributed by atoms with E-state index in [9.17, 15) is 4.79 Å². The molecule has 0 fully saturated rings. The van der Waals surface area contributed by atoms with Crippen LogP contribution in [0.1, 0.15) is 44.0 Å². The molecule has 0 saturated carbocycles. The number of aromatic carboxylic acids is 1. The summed E-state index contributed by atoms with van der Waals surface area (Å²) in [6, 6.07) is 3.02. The molecule has 0 aliphatic carbocycles. The Hall–Kier alpha value is -1.23. The number of halogens is 1. The highest BCUT2D eigenvalue weighted by Crippen LogP contribution is 2.37. The topological polar surface area (TPSA) is 55.8 Å². The number of hydrogen-bond acceptors (Lipinski definition) is 3. The average Bonchev–Trinajstić information content (AvgIpc) is 2.36. The number of carbonyl (C=O) groups is 1. The second-order valence-corrected chi connectivity index (χ2v) is 5.76. The summed E-state index contributed by atoms with van der Waals surface area (Å²) in [5.74, 6) is 0.685. The molecule has 4 nitrogen and oxygen atoms in total. The predicted molar refractivity (Wildman–Crippen MR) is 81.8 cm³/mol. The third-order valence-electron chi connectivity index (χ3n) is 2.73. The van der Waals surface area contributed by atoms with Crippen molar-refractivity contribution in [1.82, 2.24) is 0 Å². The van der Waals surface area contributed by atoms with E-state index in [2.05, 4.69) is 29.8 Å². The van der Waals surface area contributed by atoms with E-state index in [1.165, 1.54) is 12.1 Å². The van der Waals surface area contributed by atoms with Crippen LogP contribution in [0.5, 0.6) is 11.5 Å². The van der Waals surface area contributed by atoms with E-state index in [-0.39, 0.29) is 5.56 Å². The van der Waals surface area contributed by atoms with Crippen LogP contribution in [0.3, 0.4) is 0 Å². The van der Waals surface area contributed by atoms with Gasteiger partial charge >= 0.3 is 5.97 Å². The molecule has 1 rings (SSSR count). The molecule has 1 aromatic rings. The van der Waals surface area contributed by atoms with E-state index in [0.717, 1.165) is 12.8 Å². The van der Waals surface area contributed by atoms with Gasteiger partial charge in [0.1, 0.15) is 0 Å². The molecule has 0 aromatic heterocycles. The first-order valence-electron chi connectivity index (χ1n) is 6.78. The van der Waals surface area contributed by atoms with E-state index in [4.69, 9.17) is 14.6 Å². The Morgan fingerprint density at radius 2 is 2.05 bits per heavy atom. The molecule has 0 unspecified atom stereocenters. The van der Waals surface area contributed by atoms with Crippen molar-refractivity contribution >= 4 is 21.9 Å². The van der Waals surface area contributed by atoms with Crippen LogP contribution in [0.4, 0.5) is 0 Å². The van der Waals surface area contributed by atoms with Gasteiger partial charge in [0.2, 0.25) is 0 Å². The third kappa shape index (κ3) is 5.04. The molecule has 0 saturated heterocycles. The van der Waals surface area contributed by atoms with Crippen molar-refractivity contribution in [2.45, 2.75) is 33.6 Å². The van der Waals surface area contributed by atoms with Crippen LogP contribution in [0.2, 0.25) is 0 Å². The van der Waals surface area contributed by atoms with Crippen LogP contribution in [-0.4, -0.2) is 24.3 Å². The van der Waals surface area contributed by atoms with Gasteiger partial charge in [-0.1, -0.05) is 13.8 Å². The minimum Gasteiger partial charge on any atom is -0.490 e. The molecule has 0 aliphatic rings. The van der Waals surface area contributed by atoms with Crippen LogP contribution in [-0.2, 0) is 0 Å². The molecule has 0 aliphatic heterocycles. The highest BCUT2D eigenvalue weighted by Gasteiger charge is 2.15. The maximum absolute atomic E-state index is 11.0. The maximum Gasteiger partial charge on any atom is 0.335 e. The SMILES string of the molecule is CCOc1cc(C(=O)O)cc(Br)c1OCCCC(C)C. The normalized spacial score (nSPS) is 10.7. The number of ether oxygens (including phenoxy) is 2. The van der Waals surface area contributed by atoms with Crippen molar-refractivity contribution in [2.24, 2.45) is 5.92 Å². The lowest BCUT2D eigenvalue weighted by atomic mass is 10.1. The van der Waals surface area contributed by atoms with Gasteiger partial charge in [-0.25, -0.2) is 4.79 Å². The molecule has 20 heavy (non-hydrogen) atoms. The van der Waals surface area contributed by atoms with Gasteiger partial charge in [0.15, 0.2) is 11.5 Å². The molecule has 0 radical (unpaired) electrons. The Labute approximate surface area is 128 Å². The minimum atomic E-state index is -0.988. The fourth-order valence-electron chi connectivity index (χ4n) is 1.76. The zero-order valence-corrected chi connectivity index (χ0v) is 13.7. The van der Waals surface area contributed by atoms with Crippen molar-refractivity contribution in [3.8, 4) is 11.5 Å². The molecule has 0 atom stereocenters. The lowest BCUT2D eigenvalue weighted by Gasteiger charge is -2.15. The molecule has 1 aromatic carbocycles. The lowest BCUT2D eigenvalue weighted by Crippen LogP contribution is -2.05. The Morgan fingerprint density at radius 1 is 1.35 bits per heavy atom. The van der Waals surface area contributed by atoms with E-state index in [1.54, 1.807) is 0 Å². The van der Waals surface area contributed by atoms with Gasteiger partial charge < -0.3 is 14.6 Å². The van der Waals surface area contributed by atoms with Crippen molar-refractivity contribution in [3.05, 3.63) is 22.2 Å². The predicted octanol–water partition coefficient (Wildman–Crippen LogP) is 4.36. The number of hydrogen-bond donors (Lipinski definition) is 1. The van der Waals surface area contributed by atoms with Crippen molar-refractivity contribution in [3.63, 3.8) is 0 Å². The molecule has 0 spiro atoms. The zero-order valence-electron chi connectivity index (χ0n) is 12.1. The molecular formula is C15H21BrO4. The Kier molecular flexibility index (Phi) is 6.85. The summed E-state index contributed by atoms with van der Waals surface area (Å²) in [5, 5.41) is 9.05. The summed E-state index contributed by atoms with van der Waals surface area (Å²) >= 11 is 3.35. The molecule has 1 N–H and O–H groups in total. The van der Waals surface area contributed by atoms with Crippen LogP contribution < -0.4 is 9.47 Å². The molecular weight excluding hydrogens is 324 g/mol. The zero-order chi connectivity index (χ0) is 15.1.